The van der Waals surface area contributed by atoms with Gasteiger partial charge < -0.3 is 19.7 Å². The van der Waals surface area contributed by atoms with E-state index in [9.17, 15) is 18.0 Å². The van der Waals surface area contributed by atoms with Crippen molar-refractivity contribution in [2.24, 2.45) is 0 Å². The second-order valence-electron chi connectivity index (χ2n) is 8.66. The minimum absolute atomic E-state index is 0.0729. The van der Waals surface area contributed by atoms with Gasteiger partial charge in [0.05, 0.1) is 24.8 Å². The molecule has 0 heterocycles. The molecule has 0 saturated carbocycles. The summed E-state index contributed by atoms with van der Waals surface area (Å²) in [6, 6.07) is 19.3. The maximum atomic E-state index is 13.9. The van der Waals surface area contributed by atoms with Gasteiger partial charge in [0.15, 0.2) is 11.5 Å². The summed E-state index contributed by atoms with van der Waals surface area (Å²) in [5.41, 5.74) is 2.18. The van der Waals surface area contributed by atoms with Gasteiger partial charge in [-0.15, -0.1) is 0 Å². The van der Waals surface area contributed by atoms with Gasteiger partial charge in [-0.1, -0.05) is 48.0 Å². The van der Waals surface area contributed by atoms with Crippen LogP contribution in [0.25, 0.3) is 0 Å². The zero-order valence-electron chi connectivity index (χ0n) is 22.2. The molecule has 0 aromatic heterocycles. The van der Waals surface area contributed by atoms with Gasteiger partial charge in [0.25, 0.3) is 10.0 Å². The molecular formula is C28H33N3O6S. The first-order valence-corrected chi connectivity index (χ1v) is 13.4. The monoisotopic (exact) mass is 539 g/mol. The van der Waals surface area contributed by atoms with Crippen LogP contribution < -0.4 is 19.1 Å². The van der Waals surface area contributed by atoms with E-state index in [1.807, 2.05) is 31.2 Å². The number of likely N-dealkylation sites (N-methyl/N-ethyl adjacent to an activating group) is 1. The van der Waals surface area contributed by atoms with Crippen molar-refractivity contribution in [2.75, 3.05) is 32.1 Å². The van der Waals surface area contributed by atoms with Crippen LogP contribution in [0.1, 0.15) is 18.1 Å². The van der Waals surface area contributed by atoms with Gasteiger partial charge in [-0.25, -0.2) is 8.42 Å². The summed E-state index contributed by atoms with van der Waals surface area (Å²) in [7, 11) is 0.139. The van der Waals surface area contributed by atoms with Crippen molar-refractivity contribution < 1.29 is 27.5 Å². The van der Waals surface area contributed by atoms with E-state index in [1.54, 1.807) is 37.3 Å². The van der Waals surface area contributed by atoms with Crippen LogP contribution in [0.2, 0.25) is 0 Å². The molecule has 3 aromatic carbocycles. The number of aryl methyl sites for hydroxylation is 1. The number of hydrogen-bond donors (Lipinski definition) is 1. The molecule has 9 nitrogen and oxygen atoms in total. The maximum Gasteiger partial charge on any atom is 0.264 e. The molecule has 3 aromatic rings. The zero-order valence-corrected chi connectivity index (χ0v) is 23.0. The number of nitrogens with zero attached hydrogens (tertiary/aromatic N) is 2. The van der Waals surface area contributed by atoms with Crippen molar-refractivity contribution in [2.45, 2.75) is 31.3 Å². The van der Waals surface area contributed by atoms with E-state index >= 15 is 0 Å². The average molecular weight is 540 g/mol. The standard InChI is InChI=1S/C28H33N3O6S/c1-20-11-13-22(14-12-20)18-30(21(2)28(33)29-3)27(32)19-31(23-9-7-6-8-10-23)38(34,35)24-15-16-25(36-4)26(17-24)37-5/h6-17,21H,18-19H2,1-5H3,(H,29,33)/t21-/m0/s1. The molecule has 202 valence electrons. The van der Waals surface area contributed by atoms with Crippen molar-refractivity contribution in [3.63, 3.8) is 0 Å². The highest BCUT2D eigenvalue weighted by molar-refractivity contribution is 7.92. The van der Waals surface area contributed by atoms with Gasteiger partial charge in [-0.05, 0) is 43.7 Å². The van der Waals surface area contributed by atoms with Crippen LogP contribution in [-0.4, -0.2) is 59.0 Å². The Morgan fingerprint density at radius 3 is 2.13 bits per heavy atom. The summed E-state index contributed by atoms with van der Waals surface area (Å²) < 4.78 is 39.4. The molecule has 0 aliphatic rings. The van der Waals surface area contributed by atoms with Gasteiger partial charge in [0.1, 0.15) is 12.6 Å². The van der Waals surface area contributed by atoms with Crippen molar-refractivity contribution in [3.8, 4) is 11.5 Å². The smallest absolute Gasteiger partial charge is 0.264 e. The number of rotatable bonds is 11. The predicted molar refractivity (Wildman–Crippen MR) is 146 cm³/mol. The van der Waals surface area contributed by atoms with E-state index in [4.69, 9.17) is 9.47 Å². The minimum Gasteiger partial charge on any atom is -0.493 e. The van der Waals surface area contributed by atoms with Crippen LogP contribution in [0.15, 0.2) is 77.7 Å². The largest absolute Gasteiger partial charge is 0.493 e. The number of amides is 2. The number of carbonyl (C=O) groups excluding carboxylic acids is 2. The van der Waals surface area contributed by atoms with Crippen LogP contribution in [0, 0.1) is 6.92 Å². The number of benzene rings is 3. The maximum absolute atomic E-state index is 13.9. The molecule has 2 amide bonds. The van der Waals surface area contributed by atoms with Crippen molar-refractivity contribution in [1.29, 1.82) is 0 Å². The Bertz CT molecular complexity index is 1360. The van der Waals surface area contributed by atoms with E-state index in [0.29, 0.717) is 11.4 Å². The van der Waals surface area contributed by atoms with Crippen LogP contribution >= 0.6 is 0 Å². The number of nitrogens with one attached hydrogen (secondary N) is 1. The second-order valence-corrected chi connectivity index (χ2v) is 10.5. The lowest BCUT2D eigenvalue weighted by Gasteiger charge is -2.31. The number of sulfonamides is 1. The SMILES string of the molecule is CNC(=O)[C@H](C)N(Cc1ccc(C)cc1)C(=O)CN(c1ccccc1)S(=O)(=O)c1ccc(OC)c(OC)c1. The third-order valence-electron chi connectivity index (χ3n) is 6.15. The normalized spacial score (nSPS) is 11.8. The van der Waals surface area contributed by atoms with E-state index in [2.05, 4.69) is 5.32 Å². The third-order valence-corrected chi connectivity index (χ3v) is 7.92. The van der Waals surface area contributed by atoms with E-state index < -0.39 is 28.5 Å². The molecule has 0 bridgehead atoms. The molecule has 10 heteroatoms. The third kappa shape index (κ3) is 6.44. The number of carbonyl (C=O) groups is 2. The molecule has 0 unspecified atom stereocenters. The Kier molecular flexibility index (Phi) is 9.35. The first-order chi connectivity index (χ1) is 18.1. The molecule has 3 rings (SSSR count). The average Bonchev–Trinajstić information content (AvgIpc) is 2.94. The van der Waals surface area contributed by atoms with Crippen molar-refractivity contribution in [3.05, 3.63) is 83.9 Å². The Morgan fingerprint density at radius 1 is 0.921 bits per heavy atom. The first-order valence-electron chi connectivity index (χ1n) is 12.0. The van der Waals surface area contributed by atoms with Crippen LogP contribution in [0.4, 0.5) is 5.69 Å². The van der Waals surface area contributed by atoms with Crippen molar-refractivity contribution >= 4 is 27.5 Å². The molecule has 0 fully saturated rings. The fourth-order valence-corrected chi connectivity index (χ4v) is 5.34. The summed E-state index contributed by atoms with van der Waals surface area (Å²) in [6.07, 6.45) is 0. The number of ether oxygens (including phenoxy) is 2. The van der Waals surface area contributed by atoms with Gasteiger partial charge in [0.2, 0.25) is 11.8 Å². The van der Waals surface area contributed by atoms with Crippen LogP contribution in [0.5, 0.6) is 11.5 Å². The Hall–Kier alpha value is -4.05. The number of hydrogen-bond acceptors (Lipinski definition) is 6. The van der Waals surface area contributed by atoms with Gasteiger partial charge in [-0.2, -0.15) is 0 Å². The lowest BCUT2D eigenvalue weighted by molar-refractivity contribution is -0.139. The minimum atomic E-state index is -4.22. The van der Waals surface area contributed by atoms with Gasteiger partial charge in [-0.3, -0.25) is 13.9 Å². The molecule has 0 aliphatic carbocycles. The van der Waals surface area contributed by atoms with Gasteiger partial charge in [0, 0.05) is 19.7 Å². The molecule has 0 spiro atoms. The van der Waals surface area contributed by atoms with E-state index in [1.165, 1.54) is 44.4 Å². The van der Waals surface area contributed by atoms with Gasteiger partial charge >= 0.3 is 0 Å². The lowest BCUT2D eigenvalue weighted by atomic mass is 10.1. The van der Waals surface area contributed by atoms with E-state index in [-0.39, 0.29) is 23.1 Å². The number of para-hydroxylation sites is 1. The zero-order chi connectivity index (χ0) is 27.9. The Balaban J connectivity index is 2.03. The highest BCUT2D eigenvalue weighted by Gasteiger charge is 2.32. The molecule has 1 N–H and O–H groups in total. The summed E-state index contributed by atoms with van der Waals surface area (Å²) in [5, 5.41) is 2.57. The van der Waals surface area contributed by atoms with Crippen molar-refractivity contribution in [1.82, 2.24) is 10.2 Å². The highest BCUT2D eigenvalue weighted by Crippen LogP contribution is 2.32. The summed E-state index contributed by atoms with van der Waals surface area (Å²) in [4.78, 5) is 27.6. The highest BCUT2D eigenvalue weighted by atomic mass is 32.2. The second kappa shape index (κ2) is 12.5. The first kappa shape index (κ1) is 28.5. The topological polar surface area (TPSA) is 105 Å². The van der Waals surface area contributed by atoms with Crippen LogP contribution in [-0.2, 0) is 26.2 Å². The molecular weight excluding hydrogens is 506 g/mol. The summed E-state index contributed by atoms with van der Waals surface area (Å²) >= 11 is 0. The number of anilines is 1. The van der Waals surface area contributed by atoms with Crippen LogP contribution in [0.3, 0.4) is 0 Å². The molecule has 0 saturated heterocycles. The molecule has 1 atom stereocenters. The summed E-state index contributed by atoms with van der Waals surface area (Å²) in [5.74, 6) is -0.284. The number of methoxy groups -OCH3 is 2. The lowest BCUT2D eigenvalue weighted by Crippen LogP contribution is -2.50. The fraction of sp³-hybridized carbons (Fsp3) is 0.286. The Morgan fingerprint density at radius 2 is 1.55 bits per heavy atom. The molecule has 0 radical (unpaired) electrons. The summed E-state index contributed by atoms with van der Waals surface area (Å²) in [6.45, 7) is 3.18. The molecule has 0 aliphatic heterocycles. The van der Waals surface area contributed by atoms with E-state index in [0.717, 1.165) is 15.4 Å². The Labute approximate surface area is 224 Å². The molecule has 38 heavy (non-hydrogen) atoms. The quantitative estimate of drug-likeness (QED) is 0.401. The predicted octanol–water partition coefficient (Wildman–Crippen LogP) is 3.37. The fourth-order valence-electron chi connectivity index (χ4n) is 3.91.